The standard InChI is InChI=1S/C18H16F2N4OS/c1-24(2)12-4-6-16(21-9-12)17(25)23-18-22-10-13(26-18)7-11-3-5-14(19)15(20)8-11/h3-6,8-10H,7H2,1-2H3,(H,22,23,25). The molecule has 3 rings (SSSR count). The van der Waals surface area contributed by atoms with Crippen LogP contribution in [0, 0.1) is 11.6 Å². The van der Waals surface area contributed by atoms with E-state index in [-0.39, 0.29) is 11.6 Å². The Hall–Kier alpha value is -2.87. The van der Waals surface area contributed by atoms with Crippen LogP contribution in [0.3, 0.4) is 0 Å². The van der Waals surface area contributed by atoms with Crippen LogP contribution in [0.4, 0.5) is 19.6 Å². The lowest BCUT2D eigenvalue weighted by atomic mass is 10.1. The SMILES string of the molecule is CN(C)c1ccc(C(=O)Nc2ncc(Cc3ccc(F)c(F)c3)s2)nc1. The molecule has 2 aromatic heterocycles. The van der Waals surface area contributed by atoms with Crippen LogP contribution in [0.5, 0.6) is 0 Å². The molecule has 3 aromatic rings. The van der Waals surface area contributed by atoms with Crippen LogP contribution in [0.1, 0.15) is 20.9 Å². The van der Waals surface area contributed by atoms with Crippen molar-refractivity contribution in [3.8, 4) is 0 Å². The molecule has 2 heterocycles. The fraction of sp³-hybridized carbons (Fsp3) is 0.167. The zero-order valence-electron chi connectivity index (χ0n) is 14.2. The fourth-order valence-corrected chi connectivity index (χ4v) is 3.09. The summed E-state index contributed by atoms with van der Waals surface area (Å²) in [5.41, 5.74) is 1.81. The molecule has 8 heteroatoms. The zero-order valence-corrected chi connectivity index (χ0v) is 15.0. The van der Waals surface area contributed by atoms with Gasteiger partial charge in [0.1, 0.15) is 5.69 Å². The van der Waals surface area contributed by atoms with Gasteiger partial charge in [0, 0.05) is 31.6 Å². The van der Waals surface area contributed by atoms with Gasteiger partial charge in [0.25, 0.3) is 5.91 Å². The van der Waals surface area contributed by atoms with Crippen LogP contribution in [0.2, 0.25) is 0 Å². The van der Waals surface area contributed by atoms with Crippen molar-refractivity contribution in [1.29, 1.82) is 0 Å². The number of nitrogens with zero attached hydrogens (tertiary/aromatic N) is 3. The number of hydrogen-bond donors (Lipinski definition) is 1. The molecule has 0 aliphatic heterocycles. The summed E-state index contributed by atoms with van der Waals surface area (Å²) in [4.78, 5) is 23.2. The minimum atomic E-state index is -0.882. The Labute approximate surface area is 153 Å². The summed E-state index contributed by atoms with van der Waals surface area (Å²) in [5, 5.41) is 3.11. The van der Waals surface area contributed by atoms with Crippen molar-refractivity contribution in [2.24, 2.45) is 0 Å². The summed E-state index contributed by atoms with van der Waals surface area (Å²) in [7, 11) is 3.78. The lowest BCUT2D eigenvalue weighted by Crippen LogP contribution is -2.14. The molecule has 0 fully saturated rings. The molecular formula is C18H16F2N4OS. The maximum atomic E-state index is 13.3. The number of benzene rings is 1. The van der Waals surface area contributed by atoms with Crippen LogP contribution in [-0.4, -0.2) is 30.0 Å². The van der Waals surface area contributed by atoms with Crippen LogP contribution >= 0.6 is 11.3 Å². The van der Waals surface area contributed by atoms with Gasteiger partial charge in [-0.25, -0.2) is 18.7 Å². The number of carbonyl (C=O) groups is 1. The first-order valence-corrected chi connectivity index (χ1v) is 8.57. The normalized spacial score (nSPS) is 10.6. The molecule has 134 valence electrons. The number of amides is 1. The highest BCUT2D eigenvalue weighted by molar-refractivity contribution is 7.15. The average molecular weight is 374 g/mol. The summed E-state index contributed by atoms with van der Waals surface area (Å²) in [6, 6.07) is 7.21. The zero-order chi connectivity index (χ0) is 18.7. The molecule has 0 radical (unpaired) electrons. The highest BCUT2D eigenvalue weighted by Crippen LogP contribution is 2.22. The van der Waals surface area contributed by atoms with E-state index in [1.54, 1.807) is 24.5 Å². The molecular weight excluding hydrogens is 358 g/mol. The Morgan fingerprint density at radius 2 is 1.92 bits per heavy atom. The first-order chi connectivity index (χ1) is 12.4. The molecule has 0 bridgehead atoms. The largest absolute Gasteiger partial charge is 0.376 e. The highest BCUT2D eigenvalue weighted by Gasteiger charge is 2.12. The topological polar surface area (TPSA) is 58.1 Å². The van der Waals surface area contributed by atoms with Crippen LogP contribution in [-0.2, 0) is 6.42 Å². The van der Waals surface area contributed by atoms with E-state index in [4.69, 9.17) is 0 Å². The van der Waals surface area contributed by atoms with Crippen molar-refractivity contribution < 1.29 is 13.6 Å². The number of aromatic nitrogens is 2. The Balaban J connectivity index is 1.65. The number of nitrogens with one attached hydrogen (secondary N) is 1. The number of rotatable bonds is 5. The molecule has 0 saturated carbocycles. The third kappa shape index (κ3) is 4.20. The Bertz CT molecular complexity index is 925. The van der Waals surface area contributed by atoms with Gasteiger partial charge in [-0.2, -0.15) is 0 Å². The van der Waals surface area contributed by atoms with Gasteiger partial charge < -0.3 is 4.90 Å². The van der Waals surface area contributed by atoms with Crippen LogP contribution < -0.4 is 10.2 Å². The minimum absolute atomic E-state index is 0.285. The minimum Gasteiger partial charge on any atom is -0.376 e. The van der Waals surface area contributed by atoms with Crippen molar-refractivity contribution in [3.63, 3.8) is 0 Å². The summed E-state index contributed by atoms with van der Waals surface area (Å²) in [6.07, 6.45) is 3.62. The molecule has 0 spiro atoms. The van der Waals surface area contributed by atoms with E-state index in [0.717, 1.165) is 22.7 Å². The van der Waals surface area contributed by atoms with Crippen molar-refractivity contribution in [3.05, 3.63) is 70.5 Å². The average Bonchev–Trinajstić information content (AvgIpc) is 3.05. The molecule has 0 saturated heterocycles. The molecule has 0 aliphatic rings. The first-order valence-electron chi connectivity index (χ1n) is 7.76. The quantitative estimate of drug-likeness (QED) is 0.739. The molecule has 26 heavy (non-hydrogen) atoms. The summed E-state index contributed by atoms with van der Waals surface area (Å²) in [6.45, 7) is 0. The molecule has 1 amide bonds. The number of anilines is 2. The summed E-state index contributed by atoms with van der Waals surface area (Å²) in [5.74, 6) is -2.12. The molecule has 1 aromatic carbocycles. The van der Waals surface area contributed by atoms with Crippen molar-refractivity contribution in [1.82, 2.24) is 9.97 Å². The van der Waals surface area contributed by atoms with E-state index >= 15 is 0 Å². The number of pyridine rings is 1. The monoisotopic (exact) mass is 374 g/mol. The van der Waals surface area contributed by atoms with Gasteiger partial charge in [0.15, 0.2) is 16.8 Å². The second-order valence-corrected chi connectivity index (χ2v) is 6.92. The molecule has 0 unspecified atom stereocenters. The van der Waals surface area contributed by atoms with E-state index in [2.05, 4.69) is 15.3 Å². The Morgan fingerprint density at radius 1 is 1.12 bits per heavy atom. The van der Waals surface area contributed by atoms with Gasteiger partial charge >= 0.3 is 0 Å². The van der Waals surface area contributed by atoms with Gasteiger partial charge in [-0.1, -0.05) is 6.07 Å². The molecule has 5 nitrogen and oxygen atoms in total. The van der Waals surface area contributed by atoms with E-state index in [1.165, 1.54) is 17.4 Å². The second kappa shape index (κ2) is 7.57. The third-order valence-corrected chi connectivity index (χ3v) is 4.55. The second-order valence-electron chi connectivity index (χ2n) is 5.81. The lowest BCUT2D eigenvalue weighted by molar-refractivity contribution is 0.102. The number of thiazole rings is 1. The smallest absolute Gasteiger partial charge is 0.276 e. The fourth-order valence-electron chi connectivity index (χ4n) is 2.24. The van der Waals surface area contributed by atoms with Gasteiger partial charge in [-0.15, -0.1) is 11.3 Å². The number of halogens is 2. The van der Waals surface area contributed by atoms with E-state index in [1.807, 2.05) is 19.0 Å². The Kier molecular flexibility index (Phi) is 5.22. The number of hydrogen-bond acceptors (Lipinski definition) is 5. The van der Waals surface area contributed by atoms with Gasteiger partial charge in [-0.05, 0) is 29.8 Å². The van der Waals surface area contributed by atoms with Gasteiger partial charge in [0.05, 0.1) is 11.9 Å². The van der Waals surface area contributed by atoms with E-state index < -0.39 is 11.6 Å². The summed E-state index contributed by atoms with van der Waals surface area (Å²) >= 11 is 1.27. The van der Waals surface area contributed by atoms with Crippen molar-refractivity contribution in [2.75, 3.05) is 24.3 Å². The third-order valence-electron chi connectivity index (χ3n) is 3.63. The van der Waals surface area contributed by atoms with Crippen molar-refractivity contribution >= 4 is 28.1 Å². The predicted octanol–water partition coefficient (Wildman–Crippen LogP) is 3.73. The van der Waals surface area contributed by atoms with Crippen LogP contribution in [0.25, 0.3) is 0 Å². The van der Waals surface area contributed by atoms with Crippen LogP contribution in [0.15, 0.2) is 42.7 Å². The van der Waals surface area contributed by atoms with Gasteiger partial charge in [-0.3, -0.25) is 10.1 Å². The maximum absolute atomic E-state index is 13.3. The molecule has 1 N–H and O–H groups in total. The predicted molar refractivity (Wildman–Crippen MR) is 97.8 cm³/mol. The lowest BCUT2D eigenvalue weighted by Gasteiger charge is -2.11. The first kappa shape index (κ1) is 17.9. The summed E-state index contributed by atoms with van der Waals surface area (Å²) < 4.78 is 26.2. The highest BCUT2D eigenvalue weighted by atomic mass is 32.1. The molecule has 0 atom stereocenters. The Morgan fingerprint density at radius 3 is 2.58 bits per heavy atom. The van der Waals surface area contributed by atoms with Gasteiger partial charge in [0.2, 0.25) is 0 Å². The molecule has 0 aliphatic carbocycles. The maximum Gasteiger partial charge on any atom is 0.276 e. The van der Waals surface area contributed by atoms with E-state index in [9.17, 15) is 13.6 Å². The number of carbonyl (C=O) groups excluding carboxylic acids is 1. The van der Waals surface area contributed by atoms with Crippen molar-refractivity contribution in [2.45, 2.75) is 6.42 Å². The van der Waals surface area contributed by atoms with E-state index in [0.29, 0.717) is 17.1 Å².